The Labute approximate surface area is 189 Å². The van der Waals surface area contributed by atoms with Crippen molar-refractivity contribution in [3.63, 3.8) is 0 Å². The van der Waals surface area contributed by atoms with Gasteiger partial charge < -0.3 is 19.9 Å². The molecule has 1 aromatic rings. The third-order valence-corrected chi connectivity index (χ3v) is 7.01. The van der Waals surface area contributed by atoms with Crippen LogP contribution in [0.5, 0.6) is 0 Å². The lowest BCUT2D eigenvalue weighted by Gasteiger charge is -2.33. The zero-order valence-electron chi connectivity index (χ0n) is 18.6. The van der Waals surface area contributed by atoms with Gasteiger partial charge in [-0.05, 0) is 56.6 Å². The maximum Gasteiger partial charge on any atom is 0.409 e. The maximum absolute atomic E-state index is 12.8. The van der Waals surface area contributed by atoms with Gasteiger partial charge in [0.15, 0.2) is 0 Å². The van der Waals surface area contributed by atoms with Gasteiger partial charge in [0.1, 0.15) is 0 Å². The summed E-state index contributed by atoms with van der Waals surface area (Å²) in [5.41, 5.74) is 0.876. The number of likely N-dealkylation sites (tertiary alicyclic amines) is 2. The molecule has 2 aliphatic heterocycles. The van der Waals surface area contributed by atoms with Crippen LogP contribution in [0.1, 0.15) is 44.6 Å². The quantitative estimate of drug-likeness (QED) is 0.737. The molecule has 3 amide bonds. The normalized spacial score (nSPS) is 22.0. The van der Waals surface area contributed by atoms with Gasteiger partial charge in [-0.25, -0.2) is 4.79 Å². The summed E-state index contributed by atoms with van der Waals surface area (Å²) in [5, 5.41) is 3.20. The second-order valence-electron chi connectivity index (χ2n) is 9.00. The van der Waals surface area contributed by atoms with E-state index in [1.54, 1.807) is 16.7 Å². The van der Waals surface area contributed by atoms with Crippen LogP contribution in [-0.4, -0.2) is 66.5 Å². The molecule has 4 rings (SSSR count). The van der Waals surface area contributed by atoms with Crippen LogP contribution >= 0.6 is 0 Å². The molecule has 32 heavy (non-hydrogen) atoms. The van der Waals surface area contributed by atoms with Crippen molar-refractivity contribution in [2.24, 2.45) is 11.3 Å². The van der Waals surface area contributed by atoms with Crippen LogP contribution in [0.4, 0.5) is 4.79 Å². The number of hydrogen-bond donors (Lipinski definition) is 1. The van der Waals surface area contributed by atoms with Gasteiger partial charge in [0.2, 0.25) is 5.91 Å². The molecule has 0 aromatic heterocycles. The molecule has 3 fully saturated rings. The summed E-state index contributed by atoms with van der Waals surface area (Å²) >= 11 is 0. The first-order valence-electron chi connectivity index (χ1n) is 11.6. The largest absolute Gasteiger partial charge is 0.450 e. The monoisotopic (exact) mass is 437 g/mol. The van der Waals surface area contributed by atoms with Crippen molar-refractivity contribution in [2.45, 2.75) is 45.1 Å². The lowest BCUT2D eigenvalue weighted by molar-refractivity contribution is -0.127. The molecule has 0 bridgehead atoms. The molecule has 3 aliphatic rings. The first-order valence-corrected chi connectivity index (χ1v) is 11.6. The summed E-state index contributed by atoms with van der Waals surface area (Å²) in [6, 6.07) is 9.62. The summed E-state index contributed by atoms with van der Waals surface area (Å²) in [6.07, 6.45) is 3.85. The standard InChI is InChI=1S/C25H31N3O4/c1-2-32-24(31)28-14-10-20(11-15-28)26-23(30)21-18-25(21)12-16-27(17-13-25)22(29)9-8-19-6-4-3-5-7-19/h3-7,20-21H,2,10-18H2,1H3,(H,26,30)/t21-/m1/s1. The van der Waals surface area contributed by atoms with Gasteiger partial charge in [-0.15, -0.1) is 0 Å². The number of carbonyl (C=O) groups is 3. The van der Waals surface area contributed by atoms with Crippen LogP contribution in [0.2, 0.25) is 0 Å². The molecular weight excluding hydrogens is 406 g/mol. The van der Waals surface area contributed by atoms with Crippen molar-refractivity contribution in [1.82, 2.24) is 15.1 Å². The Bertz CT molecular complexity index is 904. The summed E-state index contributed by atoms with van der Waals surface area (Å²) in [7, 11) is 0. The smallest absolute Gasteiger partial charge is 0.409 e. The van der Waals surface area contributed by atoms with E-state index in [1.807, 2.05) is 30.3 Å². The Morgan fingerprint density at radius 2 is 1.75 bits per heavy atom. The van der Waals surface area contributed by atoms with Crippen molar-refractivity contribution in [3.8, 4) is 11.8 Å². The fraction of sp³-hybridized carbons (Fsp3) is 0.560. The minimum Gasteiger partial charge on any atom is -0.450 e. The third kappa shape index (κ3) is 5.07. The number of piperidine rings is 2. The number of nitrogens with one attached hydrogen (secondary N) is 1. The van der Waals surface area contributed by atoms with E-state index >= 15 is 0 Å². The number of benzene rings is 1. The predicted molar refractivity (Wildman–Crippen MR) is 119 cm³/mol. The highest BCUT2D eigenvalue weighted by atomic mass is 16.6. The Hall–Kier alpha value is -3.01. The van der Waals surface area contributed by atoms with Gasteiger partial charge in [-0.1, -0.05) is 24.1 Å². The molecule has 1 aromatic carbocycles. The Kier molecular flexibility index (Phi) is 6.69. The molecule has 1 N–H and O–H groups in total. The first kappa shape index (κ1) is 22.2. The van der Waals surface area contributed by atoms with Crippen LogP contribution in [0.3, 0.4) is 0 Å². The molecule has 1 spiro atoms. The van der Waals surface area contributed by atoms with Gasteiger partial charge in [-0.2, -0.15) is 0 Å². The minimum absolute atomic E-state index is 0.0400. The minimum atomic E-state index is -0.270. The SMILES string of the molecule is CCOC(=O)N1CCC(NC(=O)[C@H]2CC23CCN(C(=O)C#Cc2ccccc2)CC3)CC1. The average Bonchev–Trinajstić information content (AvgIpc) is 3.52. The predicted octanol–water partition coefficient (Wildman–Crippen LogP) is 2.40. The highest BCUT2D eigenvalue weighted by molar-refractivity contribution is 5.94. The van der Waals surface area contributed by atoms with E-state index in [0.29, 0.717) is 32.8 Å². The zero-order valence-corrected chi connectivity index (χ0v) is 18.6. The summed E-state index contributed by atoms with van der Waals surface area (Å²) in [6.45, 7) is 4.71. The van der Waals surface area contributed by atoms with Gasteiger partial charge >= 0.3 is 6.09 Å². The fourth-order valence-corrected chi connectivity index (χ4v) is 4.88. The summed E-state index contributed by atoms with van der Waals surface area (Å²) in [4.78, 5) is 40.6. The molecule has 2 heterocycles. The van der Waals surface area contributed by atoms with E-state index in [0.717, 1.165) is 37.7 Å². The van der Waals surface area contributed by atoms with E-state index in [2.05, 4.69) is 17.2 Å². The van der Waals surface area contributed by atoms with Crippen LogP contribution in [-0.2, 0) is 14.3 Å². The molecule has 1 atom stereocenters. The fourth-order valence-electron chi connectivity index (χ4n) is 4.88. The maximum atomic E-state index is 12.8. The molecule has 0 unspecified atom stereocenters. The molecule has 7 heteroatoms. The second-order valence-corrected chi connectivity index (χ2v) is 9.00. The van der Waals surface area contributed by atoms with E-state index < -0.39 is 0 Å². The van der Waals surface area contributed by atoms with Gasteiger partial charge in [-0.3, -0.25) is 9.59 Å². The highest BCUT2D eigenvalue weighted by Gasteiger charge is 2.58. The summed E-state index contributed by atoms with van der Waals surface area (Å²) < 4.78 is 5.05. The topological polar surface area (TPSA) is 79.0 Å². The van der Waals surface area contributed by atoms with Crippen molar-refractivity contribution in [3.05, 3.63) is 35.9 Å². The van der Waals surface area contributed by atoms with Crippen LogP contribution in [0.25, 0.3) is 0 Å². The average molecular weight is 438 g/mol. The van der Waals surface area contributed by atoms with Gasteiger partial charge in [0.05, 0.1) is 6.61 Å². The second kappa shape index (κ2) is 9.64. The lowest BCUT2D eigenvalue weighted by Crippen LogP contribution is -2.47. The molecule has 1 aliphatic carbocycles. The van der Waals surface area contributed by atoms with Crippen LogP contribution in [0, 0.1) is 23.2 Å². The molecule has 1 saturated carbocycles. The molecule has 2 saturated heterocycles. The van der Waals surface area contributed by atoms with Gasteiger partial charge in [0.25, 0.3) is 5.91 Å². The van der Waals surface area contributed by atoms with Crippen LogP contribution in [0.15, 0.2) is 30.3 Å². The lowest BCUT2D eigenvalue weighted by atomic mass is 9.90. The highest BCUT2D eigenvalue weighted by Crippen LogP contribution is 2.59. The van der Waals surface area contributed by atoms with Crippen LogP contribution < -0.4 is 5.32 Å². The van der Waals surface area contributed by atoms with E-state index in [1.165, 1.54) is 0 Å². The number of rotatable bonds is 3. The molecule has 0 radical (unpaired) electrons. The number of amides is 3. The van der Waals surface area contributed by atoms with Crippen molar-refractivity contribution in [1.29, 1.82) is 0 Å². The summed E-state index contributed by atoms with van der Waals surface area (Å²) in [5.74, 6) is 5.70. The Morgan fingerprint density at radius 3 is 2.41 bits per heavy atom. The number of hydrogen-bond acceptors (Lipinski definition) is 4. The number of ether oxygens (including phenoxy) is 1. The molecule has 170 valence electrons. The Morgan fingerprint density at radius 1 is 1.06 bits per heavy atom. The zero-order chi connectivity index (χ0) is 22.6. The molecule has 7 nitrogen and oxygen atoms in total. The van der Waals surface area contributed by atoms with Crippen molar-refractivity contribution < 1.29 is 19.1 Å². The Balaban J connectivity index is 1.20. The van der Waals surface area contributed by atoms with E-state index in [4.69, 9.17) is 4.74 Å². The van der Waals surface area contributed by atoms with E-state index in [-0.39, 0.29) is 35.3 Å². The van der Waals surface area contributed by atoms with Crippen molar-refractivity contribution in [2.75, 3.05) is 32.8 Å². The molecular formula is C25H31N3O4. The van der Waals surface area contributed by atoms with Crippen molar-refractivity contribution >= 4 is 17.9 Å². The van der Waals surface area contributed by atoms with Gasteiger partial charge in [0, 0.05) is 49.6 Å². The number of carbonyl (C=O) groups excluding carboxylic acids is 3. The third-order valence-electron chi connectivity index (χ3n) is 7.01. The van der Waals surface area contributed by atoms with E-state index in [9.17, 15) is 14.4 Å². The first-order chi connectivity index (χ1) is 15.5. The number of nitrogens with zero attached hydrogens (tertiary/aromatic N) is 2.